The third kappa shape index (κ3) is 3.25. The first-order valence-electron chi connectivity index (χ1n) is 7.35. The smallest absolute Gasteiger partial charge is 0.322 e. The Bertz CT molecular complexity index is 974. The van der Waals surface area contributed by atoms with Crippen LogP contribution in [0.25, 0.3) is 21.9 Å². The summed E-state index contributed by atoms with van der Waals surface area (Å²) in [5.74, 6) is -2.36. The quantitative estimate of drug-likeness (QED) is 0.624. The number of carbonyl (C=O) groups excluding carboxylic acids is 1. The van der Waals surface area contributed by atoms with Gasteiger partial charge in [-0.2, -0.15) is 0 Å². The molecule has 6 nitrogen and oxygen atoms in total. The molecule has 3 aromatic rings. The Balaban J connectivity index is 2.21. The van der Waals surface area contributed by atoms with Crippen molar-refractivity contribution in [3.05, 3.63) is 59.4 Å². The lowest BCUT2D eigenvalue weighted by molar-refractivity contribution is -0.135. The lowest BCUT2D eigenvalue weighted by Gasteiger charge is -2.12. The fourth-order valence-electron chi connectivity index (χ4n) is 2.57. The summed E-state index contributed by atoms with van der Waals surface area (Å²) in [6.07, 6.45) is 0. The number of halogens is 1. The van der Waals surface area contributed by atoms with E-state index in [9.17, 15) is 14.7 Å². The summed E-state index contributed by atoms with van der Waals surface area (Å²) >= 11 is 6.18. The minimum Gasteiger partial charge on any atom is -0.505 e. The van der Waals surface area contributed by atoms with Crippen molar-refractivity contribution in [2.45, 2.75) is 0 Å². The third-order valence-corrected chi connectivity index (χ3v) is 3.95. The summed E-state index contributed by atoms with van der Waals surface area (Å²) < 4.78 is 0. The molecule has 0 saturated carbocycles. The molecule has 2 aromatic carbocycles. The highest BCUT2D eigenvalue weighted by Gasteiger charge is 2.21. The van der Waals surface area contributed by atoms with Crippen LogP contribution in [0.4, 0.5) is 0 Å². The summed E-state index contributed by atoms with van der Waals surface area (Å²) in [4.78, 5) is 26.7. The normalized spacial score (nSPS) is 10.6. The van der Waals surface area contributed by atoms with E-state index in [1.165, 1.54) is 0 Å². The van der Waals surface area contributed by atoms with Crippen LogP contribution in [0.3, 0.4) is 0 Å². The molecule has 126 valence electrons. The maximum absolute atomic E-state index is 12.2. The van der Waals surface area contributed by atoms with Crippen molar-refractivity contribution < 1.29 is 19.8 Å². The molecule has 0 atom stereocenters. The Morgan fingerprint density at radius 2 is 1.80 bits per heavy atom. The monoisotopic (exact) mass is 356 g/mol. The zero-order valence-corrected chi connectivity index (χ0v) is 13.6. The second-order valence-corrected chi connectivity index (χ2v) is 5.63. The van der Waals surface area contributed by atoms with Gasteiger partial charge in [0.05, 0.1) is 0 Å². The number of pyridine rings is 1. The number of fused-ring (bicyclic) bond motifs is 1. The number of nitrogens with zero attached hydrogens (tertiary/aromatic N) is 1. The second-order valence-electron chi connectivity index (χ2n) is 5.27. The highest BCUT2D eigenvalue weighted by Crippen LogP contribution is 2.38. The Labute approximate surface area is 147 Å². The lowest BCUT2D eigenvalue weighted by Crippen LogP contribution is -2.30. The number of aromatic nitrogens is 1. The minimum absolute atomic E-state index is 0.0473. The lowest BCUT2D eigenvalue weighted by atomic mass is 9.98. The van der Waals surface area contributed by atoms with E-state index in [4.69, 9.17) is 16.7 Å². The summed E-state index contributed by atoms with van der Waals surface area (Å²) in [5, 5.41) is 22.4. The molecule has 0 saturated heterocycles. The van der Waals surface area contributed by atoms with Crippen molar-refractivity contribution in [3.63, 3.8) is 0 Å². The molecule has 7 heteroatoms. The number of hydrogen-bond acceptors (Lipinski definition) is 4. The molecular formula is C18H13ClN2O4. The number of rotatable bonds is 4. The third-order valence-electron chi connectivity index (χ3n) is 3.66. The van der Waals surface area contributed by atoms with E-state index in [0.29, 0.717) is 16.3 Å². The minimum atomic E-state index is -1.20. The summed E-state index contributed by atoms with van der Waals surface area (Å²) in [6, 6.07) is 14.6. The van der Waals surface area contributed by atoms with Gasteiger partial charge >= 0.3 is 5.97 Å². The SMILES string of the molecule is O=C(O)CNC(=O)c1nc(Cl)c2cccc(-c3ccccc3)c2c1O. The average Bonchev–Trinajstić information content (AvgIpc) is 2.62. The maximum atomic E-state index is 12.2. The van der Waals surface area contributed by atoms with Crippen molar-refractivity contribution in [2.75, 3.05) is 6.54 Å². The summed E-state index contributed by atoms with van der Waals surface area (Å²) in [6.45, 7) is -0.587. The van der Waals surface area contributed by atoms with E-state index in [1.54, 1.807) is 18.2 Å². The maximum Gasteiger partial charge on any atom is 0.322 e. The van der Waals surface area contributed by atoms with Gasteiger partial charge in [-0.1, -0.05) is 60.1 Å². The number of carboxylic acid groups (broad SMARTS) is 1. The van der Waals surface area contributed by atoms with Gasteiger partial charge < -0.3 is 15.5 Å². The number of carboxylic acids is 1. The van der Waals surface area contributed by atoms with Crippen LogP contribution in [0, 0.1) is 0 Å². The summed E-state index contributed by atoms with van der Waals surface area (Å²) in [7, 11) is 0. The van der Waals surface area contributed by atoms with Gasteiger partial charge in [-0.05, 0) is 11.1 Å². The second kappa shape index (κ2) is 6.78. The predicted molar refractivity (Wildman–Crippen MR) is 93.8 cm³/mol. The number of aliphatic carboxylic acids is 1. The van der Waals surface area contributed by atoms with Gasteiger partial charge in [0.1, 0.15) is 11.7 Å². The van der Waals surface area contributed by atoms with Crippen LogP contribution >= 0.6 is 11.6 Å². The van der Waals surface area contributed by atoms with Crippen LogP contribution in [0.15, 0.2) is 48.5 Å². The Kier molecular flexibility index (Phi) is 4.54. The first-order valence-corrected chi connectivity index (χ1v) is 7.73. The summed E-state index contributed by atoms with van der Waals surface area (Å²) in [5.41, 5.74) is 1.21. The van der Waals surface area contributed by atoms with E-state index < -0.39 is 18.4 Å². The average molecular weight is 357 g/mol. The van der Waals surface area contributed by atoms with Crippen LogP contribution in [-0.4, -0.2) is 33.6 Å². The number of aromatic hydroxyl groups is 1. The van der Waals surface area contributed by atoms with Gasteiger partial charge in [0.15, 0.2) is 11.4 Å². The fraction of sp³-hybridized carbons (Fsp3) is 0.0556. The molecule has 0 aliphatic carbocycles. The molecule has 3 N–H and O–H groups in total. The van der Waals surface area contributed by atoms with E-state index >= 15 is 0 Å². The van der Waals surface area contributed by atoms with Crippen LogP contribution < -0.4 is 5.32 Å². The van der Waals surface area contributed by atoms with Crippen molar-refractivity contribution in [1.29, 1.82) is 0 Å². The van der Waals surface area contributed by atoms with E-state index in [1.807, 2.05) is 30.3 Å². The van der Waals surface area contributed by atoms with E-state index in [0.717, 1.165) is 5.56 Å². The molecule has 0 fully saturated rings. The first-order chi connectivity index (χ1) is 12.0. The van der Waals surface area contributed by atoms with E-state index in [2.05, 4.69) is 10.3 Å². The number of nitrogens with one attached hydrogen (secondary N) is 1. The van der Waals surface area contributed by atoms with Gasteiger partial charge in [0.25, 0.3) is 5.91 Å². The molecule has 1 aromatic heterocycles. The highest BCUT2D eigenvalue weighted by molar-refractivity contribution is 6.35. The largest absolute Gasteiger partial charge is 0.505 e. The molecule has 3 rings (SSSR count). The van der Waals surface area contributed by atoms with Gasteiger partial charge in [0.2, 0.25) is 0 Å². The predicted octanol–water partition coefficient (Wildman–Crippen LogP) is 3.08. The van der Waals surface area contributed by atoms with Crippen LogP contribution in [-0.2, 0) is 4.79 Å². The van der Waals surface area contributed by atoms with Crippen LogP contribution in [0.2, 0.25) is 5.15 Å². The van der Waals surface area contributed by atoms with Gasteiger partial charge in [0, 0.05) is 10.8 Å². The van der Waals surface area contributed by atoms with Crippen LogP contribution in [0.5, 0.6) is 5.75 Å². The molecule has 0 spiro atoms. The Hall–Kier alpha value is -3.12. The highest BCUT2D eigenvalue weighted by atomic mass is 35.5. The Morgan fingerprint density at radius 3 is 2.48 bits per heavy atom. The molecular weight excluding hydrogens is 344 g/mol. The van der Waals surface area contributed by atoms with Gasteiger partial charge in [-0.3, -0.25) is 9.59 Å². The topological polar surface area (TPSA) is 99.5 Å². The van der Waals surface area contributed by atoms with Crippen molar-refractivity contribution in [3.8, 4) is 16.9 Å². The van der Waals surface area contributed by atoms with Gasteiger partial charge in [-0.15, -0.1) is 0 Å². The zero-order chi connectivity index (χ0) is 18.0. The van der Waals surface area contributed by atoms with Gasteiger partial charge in [-0.25, -0.2) is 4.98 Å². The molecule has 0 aliphatic rings. The fourth-order valence-corrected chi connectivity index (χ4v) is 2.81. The number of hydrogen-bond donors (Lipinski definition) is 3. The molecule has 25 heavy (non-hydrogen) atoms. The molecule has 1 heterocycles. The molecule has 0 radical (unpaired) electrons. The molecule has 0 aliphatic heterocycles. The van der Waals surface area contributed by atoms with E-state index in [-0.39, 0.29) is 16.6 Å². The zero-order valence-electron chi connectivity index (χ0n) is 12.9. The number of benzene rings is 2. The number of carbonyl (C=O) groups is 2. The van der Waals surface area contributed by atoms with Crippen LogP contribution in [0.1, 0.15) is 10.5 Å². The Morgan fingerprint density at radius 1 is 1.08 bits per heavy atom. The van der Waals surface area contributed by atoms with Crippen molar-refractivity contribution in [1.82, 2.24) is 10.3 Å². The molecule has 1 amide bonds. The van der Waals surface area contributed by atoms with Crippen molar-refractivity contribution in [2.24, 2.45) is 0 Å². The molecule has 0 unspecified atom stereocenters. The molecule has 0 bridgehead atoms. The van der Waals surface area contributed by atoms with Crippen molar-refractivity contribution >= 4 is 34.2 Å². The first kappa shape index (κ1) is 16.7. The number of amides is 1. The standard InChI is InChI=1S/C18H13ClN2O4/c19-17-12-8-4-7-11(10-5-2-1-3-6-10)14(12)16(24)15(21-17)18(25)20-9-13(22)23/h1-8,24H,9H2,(H,20,25)(H,22,23).